The summed E-state index contributed by atoms with van der Waals surface area (Å²) in [6.07, 6.45) is 3.04. The van der Waals surface area contributed by atoms with Gasteiger partial charge in [0.2, 0.25) is 0 Å². The number of aromatic nitrogens is 1. The Hall–Kier alpha value is -2.54. The molecule has 1 aromatic carbocycles. The molecule has 0 spiro atoms. The quantitative estimate of drug-likeness (QED) is 0.736. The van der Waals surface area contributed by atoms with Crippen molar-refractivity contribution in [1.29, 1.82) is 0 Å². The van der Waals surface area contributed by atoms with E-state index in [-0.39, 0.29) is 17.4 Å². The van der Waals surface area contributed by atoms with Crippen LogP contribution in [0.3, 0.4) is 0 Å². The molecule has 1 aromatic heterocycles. The fourth-order valence-electron chi connectivity index (χ4n) is 1.88. The molecule has 0 saturated heterocycles. The zero-order chi connectivity index (χ0) is 15.9. The SMILES string of the molecule is O=C(O)C[C@@H](NC(=S)Nc1ccncc1)c1ccc(F)cc1. The fraction of sp³-hybridized carbons (Fsp3) is 0.133. The van der Waals surface area contributed by atoms with E-state index in [1.165, 1.54) is 24.3 Å². The average Bonchev–Trinajstić information content (AvgIpc) is 2.48. The van der Waals surface area contributed by atoms with E-state index >= 15 is 0 Å². The minimum Gasteiger partial charge on any atom is -0.481 e. The van der Waals surface area contributed by atoms with Crippen LogP contribution in [0.1, 0.15) is 18.0 Å². The lowest BCUT2D eigenvalue weighted by molar-refractivity contribution is -0.137. The maximum absolute atomic E-state index is 13.0. The maximum Gasteiger partial charge on any atom is 0.305 e. The van der Waals surface area contributed by atoms with Crippen LogP contribution in [0.2, 0.25) is 0 Å². The van der Waals surface area contributed by atoms with Crippen LogP contribution in [0.15, 0.2) is 48.8 Å². The minimum absolute atomic E-state index is 0.177. The standard InChI is InChI=1S/C15H14FN3O2S/c16-11-3-1-10(2-4-11)13(9-14(20)21)19-15(22)18-12-5-7-17-8-6-12/h1-8,13H,9H2,(H,20,21)(H2,17,18,19,22)/t13-/m1/s1. The molecule has 0 aliphatic rings. The number of thiocarbonyl (C=S) groups is 1. The largest absolute Gasteiger partial charge is 0.481 e. The van der Waals surface area contributed by atoms with Crippen LogP contribution < -0.4 is 10.6 Å². The predicted octanol–water partition coefficient (Wildman–Crippen LogP) is 2.72. The number of hydrogen-bond acceptors (Lipinski definition) is 3. The predicted molar refractivity (Wildman–Crippen MR) is 85.0 cm³/mol. The van der Waals surface area contributed by atoms with Crippen molar-refractivity contribution in [3.05, 3.63) is 60.2 Å². The first-order valence-corrected chi connectivity index (χ1v) is 6.90. The third-order valence-electron chi connectivity index (χ3n) is 2.89. The molecule has 0 aliphatic heterocycles. The molecule has 0 unspecified atom stereocenters. The van der Waals surface area contributed by atoms with Crippen LogP contribution >= 0.6 is 12.2 Å². The smallest absolute Gasteiger partial charge is 0.305 e. The highest BCUT2D eigenvalue weighted by Gasteiger charge is 2.16. The Balaban J connectivity index is 2.07. The number of halogens is 1. The van der Waals surface area contributed by atoms with Gasteiger partial charge in [-0.3, -0.25) is 9.78 Å². The number of carboxylic acids is 1. The molecule has 0 aliphatic carbocycles. The van der Waals surface area contributed by atoms with E-state index in [9.17, 15) is 9.18 Å². The molecule has 2 aromatic rings. The first-order valence-electron chi connectivity index (χ1n) is 6.49. The number of pyridine rings is 1. The van der Waals surface area contributed by atoms with Gasteiger partial charge in [0, 0.05) is 18.1 Å². The summed E-state index contributed by atoms with van der Waals surface area (Å²) in [5.74, 6) is -1.36. The minimum atomic E-state index is -0.978. The lowest BCUT2D eigenvalue weighted by atomic mass is 10.0. The van der Waals surface area contributed by atoms with Gasteiger partial charge in [-0.2, -0.15) is 0 Å². The molecule has 2 rings (SSSR count). The number of carbonyl (C=O) groups is 1. The Morgan fingerprint density at radius 3 is 2.45 bits per heavy atom. The highest BCUT2D eigenvalue weighted by Crippen LogP contribution is 2.18. The number of nitrogens with zero attached hydrogens (tertiary/aromatic N) is 1. The first kappa shape index (κ1) is 15.8. The van der Waals surface area contributed by atoms with Crippen LogP contribution in [-0.2, 0) is 4.79 Å². The Morgan fingerprint density at radius 1 is 1.23 bits per heavy atom. The summed E-state index contributed by atoms with van der Waals surface area (Å²) in [4.78, 5) is 14.9. The average molecular weight is 319 g/mol. The number of aliphatic carboxylic acids is 1. The van der Waals surface area contributed by atoms with E-state index in [1.54, 1.807) is 24.5 Å². The Kier molecular flexibility index (Phi) is 5.37. The van der Waals surface area contributed by atoms with Gasteiger partial charge in [-0.25, -0.2) is 4.39 Å². The van der Waals surface area contributed by atoms with E-state index in [0.717, 1.165) is 5.69 Å². The van der Waals surface area contributed by atoms with Crippen molar-refractivity contribution in [3.8, 4) is 0 Å². The summed E-state index contributed by atoms with van der Waals surface area (Å²) < 4.78 is 13.0. The van der Waals surface area contributed by atoms with Gasteiger partial charge in [0.25, 0.3) is 0 Å². The number of benzene rings is 1. The van der Waals surface area contributed by atoms with Crippen molar-refractivity contribution in [2.75, 3.05) is 5.32 Å². The number of hydrogen-bond donors (Lipinski definition) is 3. The topological polar surface area (TPSA) is 74.2 Å². The molecule has 114 valence electrons. The van der Waals surface area contributed by atoms with Crippen LogP contribution in [0.4, 0.5) is 10.1 Å². The second-order valence-electron chi connectivity index (χ2n) is 4.54. The Labute approximate surface area is 132 Å². The van der Waals surface area contributed by atoms with E-state index in [2.05, 4.69) is 15.6 Å². The lowest BCUT2D eigenvalue weighted by Gasteiger charge is -2.20. The highest BCUT2D eigenvalue weighted by atomic mass is 32.1. The van der Waals surface area contributed by atoms with Crippen LogP contribution in [0.5, 0.6) is 0 Å². The van der Waals surface area contributed by atoms with Gasteiger partial charge in [-0.05, 0) is 42.0 Å². The highest BCUT2D eigenvalue weighted by molar-refractivity contribution is 7.80. The molecule has 3 N–H and O–H groups in total. The van der Waals surface area contributed by atoms with Crippen LogP contribution in [0.25, 0.3) is 0 Å². The summed E-state index contributed by atoms with van der Waals surface area (Å²) >= 11 is 5.18. The molecule has 0 bridgehead atoms. The number of carboxylic acid groups (broad SMARTS) is 1. The second-order valence-corrected chi connectivity index (χ2v) is 4.94. The number of anilines is 1. The molecule has 0 fully saturated rings. The molecule has 7 heteroatoms. The van der Waals surface area contributed by atoms with Crippen molar-refractivity contribution in [2.45, 2.75) is 12.5 Å². The van der Waals surface area contributed by atoms with Gasteiger partial charge in [-0.1, -0.05) is 12.1 Å². The number of nitrogens with one attached hydrogen (secondary N) is 2. The lowest BCUT2D eigenvalue weighted by Crippen LogP contribution is -2.33. The van der Waals surface area contributed by atoms with E-state index in [0.29, 0.717) is 5.56 Å². The molecule has 0 radical (unpaired) electrons. The summed E-state index contributed by atoms with van der Waals surface area (Å²) in [7, 11) is 0. The van der Waals surface area contributed by atoms with Crippen molar-refractivity contribution in [3.63, 3.8) is 0 Å². The summed E-state index contributed by atoms with van der Waals surface area (Å²) in [6.45, 7) is 0. The van der Waals surface area contributed by atoms with E-state index < -0.39 is 12.0 Å². The molecule has 5 nitrogen and oxygen atoms in total. The molecular formula is C15H14FN3O2S. The molecular weight excluding hydrogens is 305 g/mol. The summed E-state index contributed by atoms with van der Waals surface area (Å²) in [6, 6.07) is 8.54. The summed E-state index contributed by atoms with van der Waals surface area (Å²) in [5, 5.41) is 15.2. The fourth-order valence-corrected chi connectivity index (χ4v) is 2.14. The van der Waals surface area contributed by atoms with Crippen LogP contribution in [0, 0.1) is 5.82 Å². The zero-order valence-electron chi connectivity index (χ0n) is 11.5. The van der Waals surface area contributed by atoms with Crippen molar-refractivity contribution >= 4 is 29.0 Å². The third-order valence-corrected chi connectivity index (χ3v) is 3.11. The van der Waals surface area contributed by atoms with Gasteiger partial charge >= 0.3 is 5.97 Å². The zero-order valence-corrected chi connectivity index (χ0v) is 12.3. The molecule has 1 atom stereocenters. The van der Waals surface area contributed by atoms with Gasteiger partial charge in [0.05, 0.1) is 12.5 Å². The Morgan fingerprint density at radius 2 is 1.86 bits per heavy atom. The maximum atomic E-state index is 13.0. The molecule has 0 amide bonds. The van der Waals surface area contributed by atoms with Gasteiger partial charge in [-0.15, -0.1) is 0 Å². The van der Waals surface area contributed by atoms with E-state index in [1.807, 2.05) is 0 Å². The van der Waals surface area contributed by atoms with E-state index in [4.69, 9.17) is 17.3 Å². The van der Waals surface area contributed by atoms with Crippen LogP contribution in [-0.4, -0.2) is 21.2 Å². The van der Waals surface area contributed by atoms with Crippen molar-refractivity contribution in [2.24, 2.45) is 0 Å². The van der Waals surface area contributed by atoms with Crippen molar-refractivity contribution < 1.29 is 14.3 Å². The molecule has 22 heavy (non-hydrogen) atoms. The second kappa shape index (κ2) is 7.46. The number of rotatable bonds is 5. The third kappa shape index (κ3) is 4.78. The monoisotopic (exact) mass is 319 g/mol. The summed E-state index contributed by atoms with van der Waals surface area (Å²) in [5.41, 5.74) is 1.38. The van der Waals surface area contributed by atoms with Gasteiger partial charge < -0.3 is 15.7 Å². The normalized spacial score (nSPS) is 11.5. The molecule has 1 heterocycles. The van der Waals surface area contributed by atoms with Gasteiger partial charge in [0.1, 0.15) is 5.82 Å². The van der Waals surface area contributed by atoms with Gasteiger partial charge in [0.15, 0.2) is 5.11 Å². The van der Waals surface area contributed by atoms with Crippen molar-refractivity contribution in [1.82, 2.24) is 10.3 Å². The Bertz CT molecular complexity index is 650. The molecule has 0 saturated carbocycles. The first-order chi connectivity index (χ1) is 10.5.